The van der Waals surface area contributed by atoms with E-state index in [1.807, 2.05) is 28.9 Å². The molecule has 27 heavy (non-hydrogen) atoms. The summed E-state index contributed by atoms with van der Waals surface area (Å²) in [7, 11) is 0. The standard InChI is InChI=1S/C22H17F2N3/c1-13-17(23)8-7-16(21(13)24)22-20(19-5-3-11-27(19)26-22)15-6-9-18-14(12-15)4-2-10-25-18/h2,4,6-10,12H,3,5,11H2,1H3. The second kappa shape index (κ2) is 5.98. The molecule has 0 spiro atoms. The molecule has 0 amide bonds. The van der Waals surface area contributed by atoms with Gasteiger partial charge < -0.3 is 0 Å². The Hall–Kier alpha value is -3.08. The average molecular weight is 361 g/mol. The number of halogens is 2. The molecule has 2 aromatic heterocycles. The van der Waals surface area contributed by atoms with E-state index in [-0.39, 0.29) is 5.56 Å². The molecule has 3 heterocycles. The largest absolute Gasteiger partial charge is 0.268 e. The lowest BCUT2D eigenvalue weighted by Gasteiger charge is -2.09. The van der Waals surface area contributed by atoms with Gasteiger partial charge in [0, 0.05) is 40.5 Å². The van der Waals surface area contributed by atoms with Crippen LogP contribution in [0.3, 0.4) is 0 Å². The van der Waals surface area contributed by atoms with Crippen LogP contribution in [0.15, 0.2) is 48.7 Å². The van der Waals surface area contributed by atoms with Crippen molar-refractivity contribution in [1.82, 2.24) is 14.8 Å². The Morgan fingerprint density at radius 1 is 1.07 bits per heavy atom. The molecule has 1 aliphatic heterocycles. The highest BCUT2D eigenvalue weighted by Crippen LogP contribution is 2.39. The maximum Gasteiger partial charge on any atom is 0.138 e. The molecular formula is C22H17F2N3. The number of aromatic nitrogens is 3. The van der Waals surface area contributed by atoms with Crippen LogP contribution in [0.5, 0.6) is 0 Å². The molecule has 0 N–H and O–H groups in total. The lowest BCUT2D eigenvalue weighted by Crippen LogP contribution is -1.97. The molecule has 2 aromatic carbocycles. The van der Waals surface area contributed by atoms with E-state index in [0.29, 0.717) is 11.3 Å². The molecule has 0 unspecified atom stereocenters. The van der Waals surface area contributed by atoms with E-state index < -0.39 is 11.6 Å². The van der Waals surface area contributed by atoms with Crippen LogP contribution >= 0.6 is 0 Å². The van der Waals surface area contributed by atoms with Crippen molar-refractivity contribution >= 4 is 10.9 Å². The zero-order valence-electron chi connectivity index (χ0n) is 14.8. The predicted octanol–water partition coefficient (Wildman–Crippen LogP) is 5.30. The van der Waals surface area contributed by atoms with Crippen molar-refractivity contribution in [2.24, 2.45) is 0 Å². The molecule has 4 aromatic rings. The van der Waals surface area contributed by atoms with Crippen molar-refractivity contribution < 1.29 is 8.78 Å². The Kier molecular flexibility index (Phi) is 3.57. The average Bonchev–Trinajstić information content (AvgIpc) is 3.27. The van der Waals surface area contributed by atoms with Gasteiger partial charge in [-0.1, -0.05) is 12.1 Å². The van der Waals surface area contributed by atoms with E-state index in [4.69, 9.17) is 0 Å². The van der Waals surface area contributed by atoms with Crippen LogP contribution in [0.4, 0.5) is 8.78 Å². The maximum atomic E-state index is 14.9. The van der Waals surface area contributed by atoms with Gasteiger partial charge in [-0.05, 0) is 55.7 Å². The summed E-state index contributed by atoms with van der Waals surface area (Å²) in [6.45, 7) is 2.28. The zero-order valence-corrected chi connectivity index (χ0v) is 14.8. The fraction of sp³-hybridized carbons (Fsp3) is 0.182. The number of hydrogen-bond acceptors (Lipinski definition) is 2. The summed E-state index contributed by atoms with van der Waals surface area (Å²) in [6, 6.07) is 12.8. The van der Waals surface area contributed by atoms with E-state index in [9.17, 15) is 8.78 Å². The van der Waals surface area contributed by atoms with Crippen LogP contribution in [0, 0.1) is 18.6 Å². The van der Waals surface area contributed by atoms with Crippen LogP contribution in [-0.4, -0.2) is 14.8 Å². The van der Waals surface area contributed by atoms with Crippen molar-refractivity contribution in [3.63, 3.8) is 0 Å². The van der Waals surface area contributed by atoms with E-state index in [2.05, 4.69) is 16.1 Å². The highest BCUT2D eigenvalue weighted by atomic mass is 19.1. The smallest absolute Gasteiger partial charge is 0.138 e. The summed E-state index contributed by atoms with van der Waals surface area (Å²) in [4.78, 5) is 4.37. The highest BCUT2D eigenvalue weighted by molar-refractivity contribution is 5.90. The first kappa shape index (κ1) is 16.1. The van der Waals surface area contributed by atoms with Gasteiger partial charge >= 0.3 is 0 Å². The third-order valence-electron chi connectivity index (χ3n) is 5.31. The number of hydrogen-bond donors (Lipinski definition) is 0. The quantitative estimate of drug-likeness (QED) is 0.485. The first-order valence-corrected chi connectivity index (χ1v) is 9.03. The first-order chi connectivity index (χ1) is 13.1. The summed E-state index contributed by atoms with van der Waals surface area (Å²) in [5, 5.41) is 5.71. The summed E-state index contributed by atoms with van der Waals surface area (Å²) in [6.07, 6.45) is 3.69. The third-order valence-corrected chi connectivity index (χ3v) is 5.31. The molecule has 5 rings (SSSR count). The summed E-state index contributed by atoms with van der Waals surface area (Å²) < 4.78 is 30.6. The molecule has 5 heteroatoms. The molecule has 1 aliphatic rings. The normalized spacial score (nSPS) is 13.3. The minimum Gasteiger partial charge on any atom is -0.268 e. The van der Waals surface area contributed by atoms with Crippen molar-refractivity contribution in [1.29, 1.82) is 0 Å². The number of aryl methyl sites for hydroxylation is 1. The maximum absolute atomic E-state index is 14.9. The van der Waals surface area contributed by atoms with Crippen LogP contribution in [-0.2, 0) is 13.0 Å². The van der Waals surface area contributed by atoms with Crippen LogP contribution < -0.4 is 0 Å². The number of rotatable bonds is 2. The van der Waals surface area contributed by atoms with Gasteiger partial charge in [0.2, 0.25) is 0 Å². The van der Waals surface area contributed by atoms with Crippen LogP contribution in [0.1, 0.15) is 17.7 Å². The second-order valence-corrected chi connectivity index (χ2v) is 6.94. The highest BCUT2D eigenvalue weighted by Gasteiger charge is 2.26. The van der Waals surface area contributed by atoms with E-state index in [1.54, 1.807) is 6.20 Å². The van der Waals surface area contributed by atoms with Crippen molar-refractivity contribution in [2.45, 2.75) is 26.3 Å². The van der Waals surface area contributed by atoms with Crippen LogP contribution in [0.25, 0.3) is 33.3 Å². The third kappa shape index (κ3) is 2.46. The second-order valence-electron chi connectivity index (χ2n) is 6.94. The molecule has 134 valence electrons. The SMILES string of the molecule is Cc1c(F)ccc(-c2nn3c(c2-c2ccc4ncccc4c2)CCC3)c1F. The van der Waals surface area contributed by atoms with Gasteiger partial charge in [-0.15, -0.1) is 0 Å². The molecule has 0 fully saturated rings. The predicted molar refractivity (Wildman–Crippen MR) is 101 cm³/mol. The monoisotopic (exact) mass is 361 g/mol. The van der Waals surface area contributed by atoms with Gasteiger partial charge in [0.1, 0.15) is 17.3 Å². The number of fused-ring (bicyclic) bond motifs is 2. The fourth-order valence-electron chi connectivity index (χ4n) is 3.90. The summed E-state index contributed by atoms with van der Waals surface area (Å²) in [5.74, 6) is -1.09. The lowest BCUT2D eigenvalue weighted by atomic mass is 9.95. The van der Waals surface area contributed by atoms with Crippen molar-refractivity contribution in [3.8, 4) is 22.4 Å². The van der Waals surface area contributed by atoms with Gasteiger partial charge in [-0.3, -0.25) is 9.67 Å². The minimum absolute atomic E-state index is 0.0225. The van der Waals surface area contributed by atoms with E-state index in [1.165, 1.54) is 19.1 Å². The van der Waals surface area contributed by atoms with Gasteiger partial charge in [-0.2, -0.15) is 5.10 Å². The number of nitrogens with zero attached hydrogens (tertiary/aromatic N) is 3. The molecule has 0 bridgehead atoms. The van der Waals surface area contributed by atoms with Gasteiger partial charge in [0.05, 0.1) is 5.52 Å². The van der Waals surface area contributed by atoms with Gasteiger partial charge in [-0.25, -0.2) is 8.78 Å². The fourth-order valence-corrected chi connectivity index (χ4v) is 3.90. The molecule has 0 saturated heterocycles. The van der Waals surface area contributed by atoms with Gasteiger partial charge in [0.25, 0.3) is 0 Å². The Balaban J connectivity index is 1.78. The minimum atomic E-state index is -0.546. The zero-order chi connectivity index (χ0) is 18.5. The van der Waals surface area contributed by atoms with Crippen LogP contribution in [0.2, 0.25) is 0 Å². The van der Waals surface area contributed by atoms with Gasteiger partial charge in [0.15, 0.2) is 0 Å². The summed E-state index contributed by atoms with van der Waals surface area (Å²) >= 11 is 0. The molecule has 0 atom stereocenters. The Morgan fingerprint density at radius 2 is 1.96 bits per heavy atom. The molecule has 0 saturated carbocycles. The number of benzene rings is 2. The summed E-state index contributed by atoms with van der Waals surface area (Å²) in [5.41, 5.74) is 4.88. The number of pyridine rings is 1. The Bertz CT molecular complexity index is 1190. The Morgan fingerprint density at radius 3 is 2.85 bits per heavy atom. The van der Waals surface area contributed by atoms with Crippen molar-refractivity contribution in [2.75, 3.05) is 0 Å². The molecule has 0 radical (unpaired) electrons. The molecule has 0 aliphatic carbocycles. The lowest BCUT2D eigenvalue weighted by molar-refractivity contribution is 0.569. The van der Waals surface area contributed by atoms with E-state index in [0.717, 1.165) is 47.1 Å². The van der Waals surface area contributed by atoms with E-state index >= 15 is 0 Å². The Labute approximate surface area is 155 Å². The molecular weight excluding hydrogens is 344 g/mol. The first-order valence-electron chi connectivity index (χ1n) is 9.03. The molecule has 3 nitrogen and oxygen atoms in total. The van der Waals surface area contributed by atoms with Crippen molar-refractivity contribution in [3.05, 3.63) is 71.6 Å². The topological polar surface area (TPSA) is 30.7 Å².